The second-order valence-electron chi connectivity index (χ2n) is 5.81. The molecule has 0 aromatic rings. The van der Waals surface area contributed by atoms with Gasteiger partial charge in [0.2, 0.25) is 0 Å². The van der Waals surface area contributed by atoms with Crippen molar-refractivity contribution in [2.75, 3.05) is 20.3 Å². The van der Waals surface area contributed by atoms with Gasteiger partial charge in [0.25, 0.3) is 0 Å². The summed E-state index contributed by atoms with van der Waals surface area (Å²) in [5, 5.41) is 3.61. The Kier molecular flexibility index (Phi) is 5.90. The van der Waals surface area contributed by atoms with Crippen LogP contribution in [0.5, 0.6) is 0 Å². The number of hydrogen-bond donors (Lipinski definition) is 1. The highest BCUT2D eigenvalue weighted by atomic mass is 16.5. The summed E-state index contributed by atoms with van der Waals surface area (Å²) < 4.78 is 11.2. The first-order valence-corrected chi connectivity index (χ1v) is 6.88. The number of rotatable bonds is 7. The average Bonchev–Trinajstić information content (AvgIpc) is 2.71. The van der Waals surface area contributed by atoms with Crippen LogP contribution in [0.4, 0.5) is 0 Å². The summed E-state index contributed by atoms with van der Waals surface area (Å²) >= 11 is 0. The van der Waals surface area contributed by atoms with Gasteiger partial charge in [-0.25, -0.2) is 0 Å². The molecule has 1 aliphatic rings. The van der Waals surface area contributed by atoms with Gasteiger partial charge in [-0.1, -0.05) is 6.92 Å². The van der Waals surface area contributed by atoms with E-state index in [4.69, 9.17) is 9.47 Å². The lowest BCUT2D eigenvalue weighted by Crippen LogP contribution is -2.38. The standard InChI is InChI=1S/C14H29NO2/c1-6-15-13(7-8-14(3,4)16-5)12-9-11(2)17-10-12/h11-13,15H,6-10H2,1-5H3. The zero-order valence-electron chi connectivity index (χ0n) is 12.1. The topological polar surface area (TPSA) is 30.5 Å². The lowest BCUT2D eigenvalue weighted by Gasteiger charge is -2.29. The molecule has 3 heteroatoms. The highest BCUT2D eigenvalue weighted by Crippen LogP contribution is 2.27. The lowest BCUT2D eigenvalue weighted by molar-refractivity contribution is 0.00994. The molecule has 0 saturated carbocycles. The van der Waals surface area contributed by atoms with E-state index in [1.807, 2.05) is 0 Å². The summed E-state index contributed by atoms with van der Waals surface area (Å²) in [6.07, 6.45) is 3.86. The van der Waals surface area contributed by atoms with Crippen LogP contribution in [0.2, 0.25) is 0 Å². The normalized spacial score (nSPS) is 27.4. The second-order valence-corrected chi connectivity index (χ2v) is 5.81. The zero-order valence-corrected chi connectivity index (χ0v) is 12.1. The zero-order chi connectivity index (χ0) is 12.9. The maximum Gasteiger partial charge on any atom is 0.0623 e. The van der Waals surface area contributed by atoms with Crippen LogP contribution in [0, 0.1) is 5.92 Å². The molecule has 0 aromatic carbocycles. The minimum Gasteiger partial charge on any atom is -0.379 e. The predicted molar refractivity (Wildman–Crippen MR) is 71.3 cm³/mol. The van der Waals surface area contributed by atoms with Gasteiger partial charge >= 0.3 is 0 Å². The molecular weight excluding hydrogens is 214 g/mol. The summed E-state index contributed by atoms with van der Waals surface area (Å²) in [5.74, 6) is 0.664. The molecule has 0 amide bonds. The van der Waals surface area contributed by atoms with Crippen LogP contribution in [0.25, 0.3) is 0 Å². The molecule has 1 heterocycles. The van der Waals surface area contributed by atoms with Crippen LogP contribution in [0.3, 0.4) is 0 Å². The molecule has 1 aliphatic heterocycles. The molecule has 3 unspecified atom stereocenters. The Morgan fingerprint density at radius 3 is 2.65 bits per heavy atom. The minimum absolute atomic E-state index is 0.0151. The molecule has 1 saturated heterocycles. The van der Waals surface area contributed by atoms with Crippen molar-refractivity contribution in [1.29, 1.82) is 0 Å². The molecule has 0 aromatic heterocycles. The van der Waals surface area contributed by atoms with Gasteiger partial charge in [0.1, 0.15) is 0 Å². The molecule has 0 spiro atoms. The van der Waals surface area contributed by atoms with Crippen LogP contribution in [-0.4, -0.2) is 38.0 Å². The Bertz CT molecular complexity index is 218. The summed E-state index contributed by atoms with van der Waals surface area (Å²) in [6.45, 7) is 10.6. The van der Waals surface area contributed by atoms with Crippen LogP contribution < -0.4 is 5.32 Å². The van der Waals surface area contributed by atoms with Crippen molar-refractivity contribution < 1.29 is 9.47 Å². The van der Waals surface area contributed by atoms with E-state index in [2.05, 4.69) is 33.0 Å². The molecule has 0 radical (unpaired) electrons. The quantitative estimate of drug-likeness (QED) is 0.745. The largest absolute Gasteiger partial charge is 0.379 e. The van der Waals surface area contributed by atoms with Gasteiger partial charge in [-0.15, -0.1) is 0 Å². The van der Waals surface area contributed by atoms with Crippen LogP contribution in [0.15, 0.2) is 0 Å². The second kappa shape index (κ2) is 6.72. The number of methoxy groups -OCH3 is 1. The molecule has 3 nitrogen and oxygen atoms in total. The van der Waals surface area contributed by atoms with Crippen molar-refractivity contribution in [3.63, 3.8) is 0 Å². The van der Waals surface area contributed by atoms with E-state index < -0.39 is 0 Å². The van der Waals surface area contributed by atoms with Crippen molar-refractivity contribution in [2.24, 2.45) is 5.92 Å². The number of hydrogen-bond acceptors (Lipinski definition) is 3. The van der Waals surface area contributed by atoms with E-state index in [9.17, 15) is 0 Å². The first-order chi connectivity index (χ1) is 7.98. The predicted octanol–water partition coefficient (Wildman–Crippen LogP) is 2.59. The Morgan fingerprint density at radius 1 is 1.47 bits per heavy atom. The van der Waals surface area contributed by atoms with Crippen LogP contribution in [0.1, 0.15) is 47.0 Å². The first kappa shape index (κ1) is 14.9. The van der Waals surface area contributed by atoms with E-state index in [0.717, 1.165) is 26.0 Å². The van der Waals surface area contributed by atoms with Gasteiger partial charge in [0, 0.05) is 19.1 Å². The van der Waals surface area contributed by atoms with E-state index >= 15 is 0 Å². The minimum atomic E-state index is -0.0151. The first-order valence-electron chi connectivity index (χ1n) is 6.88. The Balaban J connectivity index is 2.43. The monoisotopic (exact) mass is 243 g/mol. The molecule has 1 fully saturated rings. The molecule has 102 valence electrons. The van der Waals surface area contributed by atoms with E-state index in [1.165, 1.54) is 6.42 Å². The number of ether oxygens (including phenoxy) is 2. The molecule has 0 aliphatic carbocycles. The Morgan fingerprint density at radius 2 is 2.18 bits per heavy atom. The van der Waals surface area contributed by atoms with Gasteiger partial charge < -0.3 is 14.8 Å². The molecule has 3 atom stereocenters. The van der Waals surface area contributed by atoms with Crippen molar-refractivity contribution in [1.82, 2.24) is 5.32 Å². The third-order valence-corrected chi connectivity index (χ3v) is 3.87. The van der Waals surface area contributed by atoms with E-state index in [-0.39, 0.29) is 5.60 Å². The SMILES string of the molecule is CCNC(CCC(C)(C)OC)C1COC(C)C1. The van der Waals surface area contributed by atoms with Gasteiger partial charge in [0.05, 0.1) is 18.3 Å². The third kappa shape index (κ3) is 4.94. The Labute approximate surface area is 106 Å². The smallest absolute Gasteiger partial charge is 0.0623 e. The fourth-order valence-corrected chi connectivity index (χ4v) is 2.50. The summed E-state index contributed by atoms with van der Waals surface area (Å²) in [6, 6.07) is 0.569. The third-order valence-electron chi connectivity index (χ3n) is 3.87. The summed E-state index contributed by atoms with van der Waals surface area (Å²) in [4.78, 5) is 0. The fraction of sp³-hybridized carbons (Fsp3) is 1.00. The van der Waals surface area contributed by atoms with Crippen molar-refractivity contribution in [3.8, 4) is 0 Å². The van der Waals surface area contributed by atoms with Crippen molar-refractivity contribution >= 4 is 0 Å². The summed E-state index contributed by atoms with van der Waals surface area (Å²) in [5.41, 5.74) is -0.0151. The highest BCUT2D eigenvalue weighted by Gasteiger charge is 2.30. The van der Waals surface area contributed by atoms with Gasteiger partial charge in [-0.2, -0.15) is 0 Å². The molecule has 1 N–H and O–H groups in total. The number of nitrogens with one attached hydrogen (secondary N) is 1. The van der Waals surface area contributed by atoms with Crippen LogP contribution >= 0.6 is 0 Å². The van der Waals surface area contributed by atoms with Gasteiger partial charge in [-0.05, 0) is 46.6 Å². The van der Waals surface area contributed by atoms with Crippen molar-refractivity contribution in [2.45, 2.75) is 64.7 Å². The average molecular weight is 243 g/mol. The lowest BCUT2D eigenvalue weighted by atomic mass is 9.89. The van der Waals surface area contributed by atoms with Crippen LogP contribution in [-0.2, 0) is 9.47 Å². The molecule has 0 bridgehead atoms. The maximum atomic E-state index is 5.68. The maximum absolute atomic E-state index is 5.68. The summed E-state index contributed by atoms with van der Waals surface area (Å²) in [7, 11) is 1.79. The fourth-order valence-electron chi connectivity index (χ4n) is 2.50. The molecule has 17 heavy (non-hydrogen) atoms. The Hall–Kier alpha value is -0.120. The molecular formula is C14H29NO2. The van der Waals surface area contributed by atoms with Gasteiger partial charge in [-0.3, -0.25) is 0 Å². The van der Waals surface area contributed by atoms with E-state index in [1.54, 1.807) is 7.11 Å². The van der Waals surface area contributed by atoms with Gasteiger partial charge in [0.15, 0.2) is 0 Å². The van der Waals surface area contributed by atoms with Crippen molar-refractivity contribution in [3.05, 3.63) is 0 Å². The molecule has 1 rings (SSSR count). The highest BCUT2D eigenvalue weighted by molar-refractivity contribution is 4.84. The van der Waals surface area contributed by atoms with E-state index in [0.29, 0.717) is 18.1 Å².